The van der Waals surface area contributed by atoms with Gasteiger partial charge in [0.2, 0.25) is 5.89 Å². The van der Waals surface area contributed by atoms with E-state index >= 15 is 0 Å². The van der Waals surface area contributed by atoms with Gasteiger partial charge in [0, 0.05) is 25.8 Å². The molecule has 2 rings (SSSR count). The molecule has 0 bridgehead atoms. The third-order valence-corrected chi connectivity index (χ3v) is 2.89. The van der Waals surface area contributed by atoms with Crippen LogP contribution in [0.3, 0.4) is 0 Å². The number of rotatable bonds is 7. The van der Waals surface area contributed by atoms with Gasteiger partial charge in [0.25, 0.3) is 0 Å². The molecule has 0 N–H and O–H groups in total. The molecular formula is C14H19N3O3. The fourth-order valence-electron chi connectivity index (χ4n) is 1.87. The predicted molar refractivity (Wildman–Crippen MR) is 75.3 cm³/mol. The Bertz CT molecular complexity index is 577. The molecule has 1 heterocycles. The average molecular weight is 277 g/mol. The number of hydrogen-bond acceptors (Lipinski definition) is 5. The van der Waals surface area contributed by atoms with Crippen LogP contribution in [-0.2, 0) is 11.4 Å². The molecule has 1 aromatic heterocycles. The number of methoxy groups -OCH3 is 1. The summed E-state index contributed by atoms with van der Waals surface area (Å²) in [6, 6.07) is 9.38. The maximum atomic E-state index is 11.8. The van der Waals surface area contributed by atoms with E-state index in [1.807, 2.05) is 42.3 Å². The molecule has 6 nitrogen and oxygen atoms in total. The molecule has 108 valence electrons. The van der Waals surface area contributed by atoms with Crippen LogP contribution in [0.2, 0.25) is 0 Å². The van der Waals surface area contributed by atoms with Gasteiger partial charge in [-0.05, 0) is 25.6 Å². The van der Waals surface area contributed by atoms with E-state index in [2.05, 4.69) is 5.10 Å². The van der Waals surface area contributed by atoms with Gasteiger partial charge in [0.15, 0.2) is 0 Å². The van der Waals surface area contributed by atoms with E-state index in [0.29, 0.717) is 19.2 Å². The van der Waals surface area contributed by atoms with E-state index in [1.165, 1.54) is 4.68 Å². The first-order valence-electron chi connectivity index (χ1n) is 6.51. The molecule has 2 aromatic rings. The highest BCUT2D eigenvalue weighted by Crippen LogP contribution is 2.13. The Labute approximate surface area is 117 Å². The van der Waals surface area contributed by atoms with E-state index in [4.69, 9.17) is 9.15 Å². The van der Waals surface area contributed by atoms with Gasteiger partial charge < -0.3 is 9.15 Å². The Morgan fingerprint density at radius 2 is 2.10 bits per heavy atom. The summed E-state index contributed by atoms with van der Waals surface area (Å²) >= 11 is 0. The highest BCUT2D eigenvalue weighted by atomic mass is 16.5. The maximum absolute atomic E-state index is 11.8. The summed E-state index contributed by atoms with van der Waals surface area (Å²) in [6.07, 6.45) is 0.908. The summed E-state index contributed by atoms with van der Waals surface area (Å²) in [6.45, 7) is 1.93. The molecule has 0 unspecified atom stereocenters. The third-order valence-electron chi connectivity index (χ3n) is 2.89. The van der Waals surface area contributed by atoms with E-state index in [9.17, 15) is 4.79 Å². The molecule has 0 fully saturated rings. The summed E-state index contributed by atoms with van der Waals surface area (Å²) in [5.41, 5.74) is 0.797. The highest BCUT2D eigenvalue weighted by molar-refractivity contribution is 5.51. The van der Waals surface area contributed by atoms with Crippen LogP contribution in [-0.4, -0.2) is 42.0 Å². The number of aromatic nitrogens is 2. The van der Waals surface area contributed by atoms with Gasteiger partial charge in [-0.2, -0.15) is 4.68 Å². The van der Waals surface area contributed by atoms with E-state index < -0.39 is 5.76 Å². The molecule has 6 heteroatoms. The summed E-state index contributed by atoms with van der Waals surface area (Å²) in [5, 5.41) is 4.21. The second-order valence-electron chi connectivity index (χ2n) is 4.61. The van der Waals surface area contributed by atoms with Gasteiger partial charge in [-0.1, -0.05) is 18.2 Å². The van der Waals surface area contributed by atoms with Crippen LogP contribution < -0.4 is 5.76 Å². The van der Waals surface area contributed by atoms with Crippen molar-refractivity contribution in [2.24, 2.45) is 0 Å². The minimum Gasteiger partial charge on any atom is -0.388 e. The zero-order valence-electron chi connectivity index (χ0n) is 11.8. The molecule has 0 spiro atoms. The van der Waals surface area contributed by atoms with Gasteiger partial charge in [0.1, 0.15) is 0 Å². The first kappa shape index (κ1) is 14.5. The van der Waals surface area contributed by atoms with Gasteiger partial charge in [0.05, 0.1) is 6.67 Å². The van der Waals surface area contributed by atoms with Crippen LogP contribution in [0.15, 0.2) is 39.5 Å². The van der Waals surface area contributed by atoms with Crippen molar-refractivity contribution in [3.63, 3.8) is 0 Å². The molecule has 0 aliphatic rings. The van der Waals surface area contributed by atoms with Gasteiger partial charge >= 0.3 is 5.76 Å². The largest absolute Gasteiger partial charge is 0.438 e. The lowest BCUT2D eigenvalue weighted by molar-refractivity contribution is 0.166. The molecule has 0 aliphatic carbocycles. The maximum Gasteiger partial charge on any atom is 0.438 e. The van der Waals surface area contributed by atoms with Crippen molar-refractivity contribution in [2.75, 3.05) is 27.3 Å². The third kappa shape index (κ3) is 3.79. The van der Waals surface area contributed by atoms with E-state index in [1.54, 1.807) is 7.11 Å². The number of benzene rings is 1. The molecule has 20 heavy (non-hydrogen) atoms. The summed E-state index contributed by atoms with van der Waals surface area (Å²) in [4.78, 5) is 13.8. The van der Waals surface area contributed by atoms with Crippen molar-refractivity contribution in [3.8, 4) is 11.5 Å². The fraction of sp³-hybridized carbons (Fsp3) is 0.429. The van der Waals surface area contributed by atoms with Crippen molar-refractivity contribution < 1.29 is 9.15 Å². The van der Waals surface area contributed by atoms with Crippen LogP contribution in [0.5, 0.6) is 0 Å². The lowest BCUT2D eigenvalue weighted by Gasteiger charge is -2.14. The standard InChI is InChI=1S/C14H19N3O3/c1-16(9-6-10-19-2)11-17-14(18)20-13(15-17)12-7-4-3-5-8-12/h3-5,7-8H,6,9-11H2,1-2H3. The number of hydrogen-bond donors (Lipinski definition) is 0. The summed E-state index contributed by atoms with van der Waals surface area (Å²) in [5.74, 6) is -0.0941. The molecule has 0 radical (unpaired) electrons. The van der Waals surface area contributed by atoms with Crippen molar-refractivity contribution >= 4 is 0 Å². The van der Waals surface area contributed by atoms with Crippen molar-refractivity contribution in [2.45, 2.75) is 13.1 Å². The minimum absolute atomic E-state index is 0.348. The Balaban J connectivity index is 2.03. The summed E-state index contributed by atoms with van der Waals surface area (Å²) < 4.78 is 11.5. The van der Waals surface area contributed by atoms with Gasteiger partial charge in [-0.15, -0.1) is 5.10 Å². The molecule has 1 aromatic carbocycles. The Hall–Kier alpha value is -1.92. The van der Waals surface area contributed by atoms with Crippen molar-refractivity contribution in [3.05, 3.63) is 40.9 Å². The molecule has 0 saturated carbocycles. The van der Waals surface area contributed by atoms with Gasteiger partial charge in [-0.25, -0.2) is 4.79 Å². The SMILES string of the molecule is COCCCN(C)Cn1nc(-c2ccccc2)oc1=O. The zero-order valence-corrected chi connectivity index (χ0v) is 11.8. The van der Waals surface area contributed by atoms with Crippen LogP contribution in [0.25, 0.3) is 11.5 Å². The van der Waals surface area contributed by atoms with Crippen molar-refractivity contribution in [1.82, 2.24) is 14.7 Å². The second-order valence-corrected chi connectivity index (χ2v) is 4.61. The lowest BCUT2D eigenvalue weighted by atomic mass is 10.2. The van der Waals surface area contributed by atoms with Crippen LogP contribution in [0, 0.1) is 0 Å². The number of ether oxygens (including phenoxy) is 1. The minimum atomic E-state index is -0.442. The first-order valence-corrected chi connectivity index (χ1v) is 6.51. The Kier molecular flexibility index (Phi) is 5.09. The molecular weight excluding hydrogens is 258 g/mol. The molecule has 0 amide bonds. The summed E-state index contributed by atoms with van der Waals surface area (Å²) in [7, 11) is 3.60. The van der Waals surface area contributed by atoms with Crippen LogP contribution >= 0.6 is 0 Å². The first-order chi connectivity index (χ1) is 9.70. The Morgan fingerprint density at radius 3 is 2.80 bits per heavy atom. The van der Waals surface area contributed by atoms with Crippen LogP contribution in [0.4, 0.5) is 0 Å². The molecule has 0 atom stereocenters. The normalized spacial score (nSPS) is 11.2. The highest BCUT2D eigenvalue weighted by Gasteiger charge is 2.11. The Morgan fingerprint density at radius 1 is 1.35 bits per heavy atom. The van der Waals surface area contributed by atoms with Crippen LogP contribution in [0.1, 0.15) is 6.42 Å². The molecule has 0 aliphatic heterocycles. The average Bonchev–Trinajstić information content (AvgIpc) is 2.81. The smallest absolute Gasteiger partial charge is 0.388 e. The van der Waals surface area contributed by atoms with E-state index in [-0.39, 0.29) is 0 Å². The van der Waals surface area contributed by atoms with Gasteiger partial charge in [-0.3, -0.25) is 4.90 Å². The molecule has 0 saturated heterocycles. The second kappa shape index (κ2) is 7.02. The topological polar surface area (TPSA) is 60.5 Å². The lowest BCUT2D eigenvalue weighted by Crippen LogP contribution is -2.29. The predicted octanol–water partition coefficient (Wildman–Crippen LogP) is 1.43. The zero-order chi connectivity index (χ0) is 14.4. The number of nitrogens with zero attached hydrogens (tertiary/aromatic N) is 3. The van der Waals surface area contributed by atoms with E-state index in [0.717, 1.165) is 18.5 Å². The fourth-order valence-corrected chi connectivity index (χ4v) is 1.87. The monoisotopic (exact) mass is 277 g/mol. The van der Waals surface area contributed by atoms with Crippen molar-refractivity contribution in [1.29, 1.82) is 0 Å². The quantitative estimate of drug-likeness (QED) is 0.716.